The Bertz CT molecular complexity index is 979. The van der Waals surface area contributed by atoms with Crippen molar-refractivity contribution < 1.29 is 18.0 Å². The highest BCUT2D eigenvalue weighted by atomic mass is 79.9. The van der Waals surface area contributed by atoms with Crippen LogP contribution in [-0.2, 0) is 11.0 Å². The van der Waals surface area contributed by atoms with E-state index in [0.717, 1.165) is 28.4 Å². The zero-order chi connectivity index (χ0) is 18.9. The van der Waals surface area contributed by atoms with Gasteiger partial charge >= 0.3 is 6.18 Å². The smallest absolute Gasteiger partial charge is 0.324 e. The Morgan fingerprint density at radius 1 is 1.31 bits per heavy atom. The predicted molar refractivity (Wildman–Crippen MR) is 96.5 cm³/mol. The van der Waals surface area contributed by atoms with E-state index in [-0.39, 0.29) is 27.5 Å². The summed E-state index contributed by atoms with van der Waals surface area (Å²) in [6, 6.07) is 7.85. The molecule has 0 atom stereocenters. The molecule has 0 aliphatic carbocycles. The van der Waals surface area contributed by atoms with Crippen molar-refractivity contribution in [3.8, 4) is 0 Å². The third-order valence-corrected chi connectivity index (χ3v) is 5.15. The average Bonchev–Trinajstić information content (AvgIpc) is 2.98. The predicted octanol–water partition coefficient (Wildman–Crippen LogP) is 4.89. The number of anilines is 1. The second kappa shape index (κ2) is 7.45. The Hall–Kier alpha value is -1.78. The van der Waals surface area contributed by atoms with Gasteiger partial charge in [-0.2, -0.15) is 13.2 Å². The first kappa shape index (κ1) is 19.0. The molecule has 0 radical (unpaired) electrons. The first-order valence-corrected chi connectivity index (χ1v) is 9.20. The van der Waals surface area contributed by atoms with Crippen LogP contribution in [0.1, 0.15) is 5.56 Å². The first-order chi connectivity index (χ1) is 12.3. The molecule has 11 heteroatoms. The SMILES string of the molecule is O=C(CSc1nnc2c(Cl)cc(C(F)(F)F)cn12)Nc1ccccc1Br. The Morgan fingerprint density at radius 3 is 2.73 bits per heavy atom. The van der Waals surface area contributed by atoms with Crippen molar-refractivity contribution in [2.24, 2.45) is 0 Å². The number of nitrogens with zero attached hydrogens (tertiary/aromatic N) is 3. The molecule has 0 unspecified atom stereocenters. The van der Waals surface area contributed by atoms with Gasteiger partial charge in [0.2, 0.25) is 5.91 Å². The molecule has 5 nitrogen and oxygen atoms in total. The van der Waals surface area contributed by atoms with Crippen molar-refractivity contribution in [1.82, 2.24) is 14.6 Å². The summed E-state index contributed by atoms with van der Waals surface area (Å²) < 4.78 is 40.7. The first-order valence-electron chi connectivity index (χ1n) is 7.04. The maximum Gasteiger partial charge on any atom is 0.417 e. The molecule has 1 aromatic carbocycles. The number of amides is 1. The number of para-hydroxylation sites is 1. The lowest BCUT2D eigenvalue weighted by Crippen LogP contribution is -2.14. The number of rotatable bonds is 4. The molecule has 2 aromatic heterocycles. The van der Waals surface area contributed by atoms with Gasteiger partial charge in [0.25, 0.3) is 0 Å². The zero-order valence-corrected chi connectivity index (χ0v) is 15.9. The molecule has 0 aliphatic rings. The van der Waals surface area contributed by atoms with E-state index in [9.17, 15) is 18.0 Å². The lowest BCUT2D eigenvalue weighted by atomic mass is 10.3. The maximum absolute atomic E-state index is 12.9. The number of aromatic nitrogens is 3. The van der Waals surface area contributed by atoms with E-state index < -0.39 is 11.7 Å². The number of halogens is 5. The summed E-state index contributed by atoms with van der Waals surface area (Å²) in [6.45, 7) is 0. The van der Waals surface area contributed by atoms with Crippen LogP contribution in [0.3, 0.4) is 0 Å². The monoisotopic (exact) mass is 464 g/mol. The van der Waals surface area contributed by atoms with Gasteiger partial charge in [-0.25, -0.2) is 0 Å². The molecule has 3 rings (SSSR count). The van der Waals surface area contributed by atoms with Gasteiger partial charge in [0.15, 0.2) is 10.8 Å². The standard InChI is InChI=1S/C15H9BrClF3N4OS/c16-9-3-1-2-4-11(9)21-12(25)7-26-14-23-22-13-10(17)5-8(6-24(13)14)15(18,19)20/h1-6H,7H2,(H,21,25). The Balaban J connectivity index is 1.78. The van der Waals surface area contributed by atoms with Gasteiger partial charge in [0.05, 0.1) is 22.0 Å². The maximum atomic E-state index is 12.9. The van der Waals surface area contributed by atoms with E-state index in [4.69, 9.17) is 11.6 Å². The van der Waals surface area contributed by atoms with Gasteiger partial charge in [-0.05, 0) is 34.1 Å². The fraction of sp³-hybridized carbons (Fsp3) is 0.133. The topological polar surface area (TPSA) is 59.3 Å². The number of nitrogens with one attached hydrogen (secondary N) is 1. The summed E-state index contributed by atoms with van der Waals surface area (Å²) in [5.74, 6) is -0.396. The highest BCUT2D eigenvalue weighted by Crippen LogP contribution is 2.33. The molecular weight excluding hydrogens is 457 g/mol. The Kier molecular flexibility index (Phi) is 5.44. The highest BCUT2D eigenvalue weighted by Gasteiger charge is 2.32. The van der Waals surface area contributed by atoms with Crippen LogP contribution in [0.4, 0.5) is 18.9 Å². The van der Waals surface area contributed by atoms with Gasteiger partial charge in [-0.1, -0.05) is 35.5 Å². The number of thioether (sulfide) groups is 1. The second-order valence-electron chi connectivity index (χ2n) is 5.07. The van der Waals surface area contributed by atoms with Crippen molar-refractivity contribution in [3.05, 3.63) is 51.6 Å². The van der Waals surface area contributed by atoms with Crippen molar-refractivity contribution in [2.75, 3.05) is 11.1 Å². The van der Waals surface area contributed by atoms with Gasteiger partial charge in [-0.3, -0.25) is 9.20 Å². The van der Waals surface area contributed by atoms with Crippen molar-refractivity contribution in [1.29, 1.82) is 0 Å². The minimum Gasteiger partial charge on any atom is -0.324 e. The number of fused-ring (bicyclic) bond motifs is 1. The summed E-state index contributed by atoms with van der Waals surface area (Å²) in [4.78, 5) is 12.1. The molecule has 0 saturated carbocycles. The lowest BCUT2D eigenvalue weighted by Gasteiger charge is -2.09. The Labute approximate surface area is 163 Å². The van der Waals surface area contributed by atoms with Gasteiger partial charge in [0, 0.05) is 10.7 Å². The summed E-state index contributed by atoms with van der Waals surface area (Å²) >= 11 is 10.1. The van der Waals surface area contributed by atoms with E-state index >= 15 is 0 Å². The number of carbonyl (C=O) groups is 1. The van der Waals surface area contributed by atoms with E-state index in [1.54, 1.807) is 24.3 Å². The van der Waals surface area contributed by atoms with Crippen LogP contribution in [0.5, 0.6) is 0 Å². The van der Waals surface area contributed by atoms with Crippen LogP contribution < -0.4 is 5.32 Å². The number of hydrogen-bond donors (Lipinski definition) is 1. The van der Waals surface area contributed by atoms with E-state index in [0.29, 0.717) is 10.2 Å². The number of pyridine rings is 1. The summed E-state index contributed by atoms with van der Waals surface area (Å²) in [5, 5.41) is 10.2. The van der Waals surface area contributed by atoms with Crippen molar-refractivity contribution >= 4 is 56.5 Å². The number of benzene rings is 1. The highest BCUT2D eigenvalue weighted by molar-refractivity contribution is 9.10. The van der Waals surface area contributed by atoms with Crippen LogP contribution in [0, 0.1) is 0 Å². The van der Waals surface area contributed by atoms with Crippen molar-refractivity contribution in [3.63, 3.8) is 0 Å². The van der Waals surface area contributed by atoms with Crippen molar-refractivity contribution in [2.45, 2.75) is 11.3 Å². The van der Waals surface area contributed by atoms with Gasteiger partial charge < -0.3 is 5.32 Å². The zero-order valence-electron chi connectivity index (χ0n) is 12.7. The fourth-order valence-corrected chi connectivity index (χ4v) is 3.41. The van der Waals surface area contributed by atoms with Crippen LogP contribution in [0.15, 0.2) is 46.2 Å². The summed E-state index contributed by atoms with van der Waals surface area (Å²) in [6.07, 6.45) is -3.70. The largest absolute Gasteiger partial charge is 0.417 e. The van der Waals surface area contributed by atoms with Crippen LogP contribution in [0.25, 0.3) is 5.65 Å². The van der Waals surface area contributed by atoms with Crippen LogP contribution >= 0.6 is 39.3 Å². The second-order valence-corrected chi connectivity index (χ2v) is 7.27. The molecular formula is C15H9BrClF3N4OS. The molecule has 0 bridgehead atoms. The van der Waals surface area contributed by atoms with E-state index in [1.807, 2.05) is 0 Å². The number of hydrogen-bond acceptors (Lipinski definition) is 4. The molecule has 3 aromatic rings. The molecule has 0 aliphatic heterocycles. The fourth-order valence-electron chi connectivity index (χ4n) is 2.07. The normalized spacial score (nSPS) is 11.7. The summed E-state index contributed by atoms with van der Waals surface area (Å²) in [5.41, 5.74) is -0.241. The molecule has 1 N–H and O–H groups in total. The molecule has 0 spiro atoms. The number of alkyl halides is 3. The van der Waals surface area contributed by atoms with Gasteiger partial charge in [0.1, 0.15) is 0 Å². The van der Waals surface area contributed by atoms with Gasteiger partial charge in [-0.15, -0.1) is 10.2 Å². The minimum absolute atomic E-state index is 0.0595. The number of carbonyl (C=O) groups excluding carboxylic acids is 1. The third-order valence-electron chi connectivity index (χ3n) is 3.24. The Morgan fingerprint density at radius 2 is 2.04 bits per heavy atom. The van der Waals surface area contributed by atoms with Crippen LogP contribution in [-0.4, -0.2) is 26.3 Å². The summed E-state index contributed by atoms with van der Waals surface area (Å²) in [7, 11) is 0. The quantitative estimate of drug-likeness (QED) is 0.557. The average molecular weight is 466 g/mol. The van der Waals surface area contributed by atoms with Crippen LogP contribution in [0.2, 0.25) is 5.02 Å². The molecule has 2 heterocycles. The molecule has 136 valence electrons. The lowest BCUT2D eigenvalue weighted by molar-refractivity contribution is -0.137. The third kappa shape index (κ3) is 4.13. The molecule has 1 amide bonds. The molecule has 0 saturated heterocycles. The van der Waals surface area contributed by atoms with E-state index in [1.165, 1.54) is 0 Å². The minimum atomic E-state index is -4.55. The molecule has 0 fully saturated rings. The molecule has 26 heavy (non-hydrogen) atoms. The van der Waals surface area contributed by atoms with E-state index in [2.05, 4.69) is 31.4 Å².